The number of hydrogen-bond donors (Lipinski definition) is 2. The van der Waals surface area contributed by atoms with E-state index < -0.39 is 0 Å². The lowest BCUT2D eigenvalue weighted by atomic mass is 10.1. The fraction of sp³-hybridized carbons (Fsp3) is 0.150. The van der Waals surface area contributed by atoms with Gasteiger partial charge in [-0.3, -0.25) is 4.79 Å². The minimum Gasteiger partial charge on any atom is -0.495 e. The molecule has 138 valence electrons. The molecule has 0 fully saturated rings. The molecule has 6 nitrogen and oxygen atoms in total. The Bertz CT molecular complexity index is 899. The number of aromatic nitrogens is 2. The zero-order valence-electron chi connectivity index (χ0n) is 14.8. The Morgan fingerprint density at radius 3 is 2.56 bits per heavy atom. The minimum absolute atomic E-state index is 0.199. The number of halogens is 1. The fourth-order valence-corrected chi connectivity index (χ4v) is 2.46. The lowest BCUT2D eigenvalue weighted by Gasteiger charge is -2.10. The summed E-state index contributed by atoms with van der Waals surface area (Å²) in [7, 11) is 1.54. The van der Waals surface area contributed by atoms with Crippen molar-refractivity contribution in [3.8, 4) is 5.75 Å². The first-order valence-corrected chi connectivity index (χ1v) is 8.40. The summed E-state index contributed by atoms with van der Waals surface area (Å²) < 4.78 is 18.1. The van der Waals surface area contributed by atoms with Gasteiger partial charge in [0.1, 0.15) is 23.1 Å². The van der Waals surface area contributed by atoms with Crippen LogP contribution >= 0.6 is 0 Å². The molecule has 1 aromatic heterocycles. The maximum Gasteiger partial charge on any atom is 0.275 e. The van der Waals surface area contributed by atoms with Crippen molar-refractivity contribution < 1.29 is 13.9 Å². The predicted octanol–water partition coefficient (Wildman–Crippen LogP) is 3.53. The van der Waals surface area contributed by atoms with E-state index in [-0.39, 0.29) is 17.4 Å². The highest BCUT2D eigenvalue weighted by molar-refractivity contribution is 6.03. The molecule has 0 aliphatic carbocycles. The van der Waals surface area contributed by atoms with Crippen molar-refractivity contribution in [3.63, 3.8) is 0 Å². The molecule has 0 aliphatic rings. The van der Waals surface area contributed by atoms with E-state index in [0.717, 1.165) is 12.0 Å². The molecule has 0 aliphatic heterocycles. The Balaban J connectivity index is 1.54. The van der Waals surface area contributed by atoms with Crippen LogP contribution in [0.5, 0.6) is 5.75 Å². The predicted molar refractivity (Wildman–Crippen MR) is 102 cm³/mol. The van der Waals surface area contributed by atoms with Crippen LogP contribution < -0.4 is 15.4 Å². The Morgan fingerprint density at radius 1 is 1.07 bits per heavy atom. The molecular formula is C20H19FN4O2. The number of nitrogens with zero attached hydrogens (tertiary/aromatic N) is 2. The summed E-state index contributed by atoms with van der Waals surface area (Å²) >= 11 is 0. The molecule has 2 N–H and O–H groups in total. The number of ether oxygens (including phenoxy) is 1. The number of carbonyl (C=O) groups excluding carboxylic acids is 1. The molecule has 0 saturated heterocycles. The third kappa shape index (κ3) is 5.01. The van der Waals surface area contributed by atoms with Gasteiger partial charge in [-0.2, -0.15) is 0 Å². The van der Waals surface area contributed by atoms with Crippen LogP contribution in [0.3, 0.4) is 0 Å². The molecule has 1 amide bonds. The molecule has 3 aromatic rings. The van der Waals surface area contributed by atoms with E-state index in [1.54, 1.807) is 30.3 Å². The number of anilines is 2. The molecule has 0 radical (unpaired) electrons. The fourth-order valence-electron chi connectivity index (χ4n) is 2.46. The summed E-state index contributed by atoms with van der Waals surface area (Å²) in [5.41, 5.74) is 1.78. The first-order valence-electron chi connectivity index (χ1n) is 8.40. The van der Waals surface area contributed by atoms with Gasteiger partial charge in [-0.15, -0.1) is 0 Å². The summed E-state index contributed by atoms with van der Waals surface area (Å²) in [5, 5.41) is 5.87. The maximum absolute atomic E-state index is 12.9. The van der Waals surface area contributed by atoms with Crippen LogP contribution in [-0.4, -0.2) is 29.5 Å². The first-order chi connectivity index (χ1) is 13.2. The highest BCUT2D eigenvalue weighted by Crippen LogP contribution is 2.23. The lowest BCUT2D eigenvalue weighted by molar-refractivity contribution is 0.102. The van der Waals surface area contributed by atoms with Crippen LogP contribution in [0.1, 0.15) is 16.1 Å². The van der Waals surface area contributed by atoms with Gasteiger partial charge in [0.15, 0.2) is 0 Å². The van der Waals surface area contributed by atoms with Gasteiger partial charge in [-0.1, -0.05) is 24.3 Å². The molecule has 7 heteroatoms. The van der Waals surface area contributed by atoms with Crippen LogP contribution in [0.15, 0.2) is 60.9 Å². The van der Waals surface area contributed by atoms with Gasteiger partial charge >= 0.3 is 0 Å². The number of amides is 1. The van der Waals surface area contributed by atoms with Gasteiger partial charge in [0, 0.05) is 6.54 Å². The number of carbonyl (C=O) groups is 1. The van der Waals surface area contributed by atoms with Crippen molar-refractivity contribution in [2.45, 2.75) is 6.42 Å². The Morgan fingerprint density at radius 2 is 1.85 bits per heavy atom. The number of para-hydroxylation sites is 2. The quantitative estimate of drug-likeness (QED) is 0.669. The highest BCUT2D eigenvalue weighted by Gasteiger charge is 2.11. The van der Waals surface area contributed by atoms with E-state index in [2.05, 4.69) is 20.6 Å². The van der Waals surface area contributed by atoms with Gasteiger partial charge < -0.3 is 15.4 Å². The molecule has 0 saturated carbocycles. The van der Waals surface area contributed by atoms with Crippen molar-refractivity contribution in [2.24, 2.45) is 0 Å². The third-order valence-corrected chi connectivity index (χ3v) is 3.87. The average Bonchev–Trinajstić information content (AvgIpc) is 2.70. The number of rotatable bonds is 7. The van der Waals surface area contributed by atoms with Crippen LogP contribution in [0.25, 0.3) is 0 Å². The van der Waals surface area contributed by atoms with Gasteiger partial charge in [0.25, 0.3) is 5.91 Å². The third-order valence-electron chi connectivity index (χ3n) is 3.87. The average molecular weight is 366 g/mol. The Hall–Kier alpha value is -3.48. The van der Waals surface area contributed by atoms with Crippen LogP contribution in [0.4, 0.5) is 15.9 Å². The topological polar surface area (TPSA) is 76.1 Å². The molecule has 2 aromatic carbocycles. The van der Waals surface area contributed by atoms with E-state index in [1.807, 2.05) is 6.07 Å². The normalized spacial score (nSPS) is 10.3. The number of benzene rings is 2. The molecule has 0 spiro atoms. The van der Waals surface area contributed by atoms with Crippen molar-refractivity contribution in [1.82, 2.24) is 9.97 Å². The minimum atomic E-state index is -0.370. The molecule has 0 atom stereocenters. The summed E-state index contributed by atoms with van der Waals surface area (Å²) in [5.74, 6) is 0.508. The monoisotopic (exact) mass is 366 g/mol. The second kappa shape index (κ2) is 8.75. The van der Waals surface area contributed by atoms with E-state index >= 15 is 0 Å². The molecule has 1 heterocycles. The molecule has 3 rings (SSSR count). The zero-order chi connectivity index (χ0) is 19.1. The molecule has 0 bridgehead atoms. The smallest absolute Gasteiger partial charge is 0.275 e. The maximum atomic E-state index is 12.9. The Labute approximate surface area is 156 Å². The lowest BCUT2D eigenvalue weighted by Crippen LogP contribution is -2.15. The number of methoxy groups -OCH3 is 1. The molecule has 27 heavy (non-hydrogen) atoms. The highest BCUT2D eigenvalue weighted by atomic mass is 19.1. The standard InChI is InChI=1S/C20H19FN4O2/c1-27-18-5-3-2-4-16(18)25-20(26)17-12-24-19(13-23-17)22-11-10-14-6-8-15(21)9-7-14/h2-9,12-13H,10-11H2,1H3,(H,22,24)(H,25,26). The van der Waals surface area contributed by atoms with Crippen molar-refractivity contribution in [1.29, 1.82) is 0 Å². The molecule has 0 unspecified atom stereocenters. The van der Waals surface area contributed by atoms with Gasteiger partial charge in [-0.05, 0) is 36.2 Å². The second-order valence-electron chi connectivity index (χ2n) is 5.74. The van der Waals surface area contributed by atoms with Crippen LogP contribution in [0.2, 0.25) is 0 Å². The van der Waals surface area contributed by atoms with Gasteiger partial charge in [-0.25, -0.2) is 14.4 Å². The second-order valence-corrected chi connectivity index (χ2v) is 5.74. The zero-order valence-corrected chi connectivity index (χ0v) is 14.8. The summed E-state index contributed by atoms with van der Waals surface area (Å²) in [6, 6.07) is 13.5. The Kier molecular flexibility index (Phi) is 5.94. The van der Waals surface area contributed by atoms with E-state index in [9.17, 15) is 9.18 Å². The first kappa shape index (κ1) is 18.3. The van der Waals surface area contributed by atoms with Crippen LogP contribution in [0, 0.1) is 5.82 Å². The largest absolute Gasteiger partial charge is 0.495 e. The van der Waals surface area contributed by atoms with Crippen LogP contribution in [-0.2, 0) is 6.42 Å². The molecular weight excluding hydrogens is 347 g/mol. The number of hydrogen-bond acceptors (Lipinski definition) is 5. The van der Waals surface area contributed by atoms with Crippen molar-refractivity contribution >= 4 is 17.4 Å². The SMILES string of the molecule is COc1ccccc1NC(=O)c1cnc(NCCc2ccc(F)cc2)cn1. The summed E-state index contributed by atoms with van der Waals surface area (Å²) in [6.45, 7) is 0.618. The van der Waals surface area contributed by atoms with E-state index in [1.165, 1.54) is 31.6 Å². The van der Waals surface area contributed by atoms with Gasteiger partial charge in [0.2, 0.25) is 0 Å². The van der Waals surface area contributed by atoms with Crippen molar-refractivity contribution in [3.05, 3.63) is 78.0 Å². The van der Waals surface area contributed by atoms with Gasteiger partial charge in [0.05, 0.1) is 25.2 Å². The van der Waals surface area contributed by atoms with Crippen molar-refractivity contribution in [2.75, 3.05) is 24.3 Å². The number of nitrogens with one attached hydrogen (secondary N) is 2. The van der Waals surface area contributed by atoms with E-state index in [4.69, 9.17) is 4.74 Å². The van der Waals surface area contributed by atoms with E-state index in [0.29, 0.717) is 23.8 Å². The summed E-state index contributed by atoms with van der Waals surface area (Å²) in [6.07, 6.45) is 3.63. The summed E-state index contributed by atoms with van der Waals surface area (Å²) in [4.78, 5) is 20.6.